The monoisotopic (exact) mass is 233 g/mol. The van der Waals surface area contributed by atoms with Crippen molar-refractivity contribution in [2.24, 2.45) is 7.05 Å². The van der Waals surface area contributed by atoms with Gasteiger partial charge in [-0.15, -0.1) is 5.10 Å². The van der Waals surface area contributed by atoms with Crippen LogP contribution in [0.1, 0.15) is 24.3 Å². The molecule has 0 radical (unpaired) electrons. The molecule has 1 unspecified atom stereocenters. The summed E-state index contributed by atoms with van der Waals surface area (Å²) in [6.07, 6.45) is 1.36. The molecule has 5 heteroatoms. The Morgan fingerprint density at radius 3 is 2.59 bits per heavy atom. The molecule has 0 bridgehead atoms. The Kier molecular flexibility index (Phi) is 3.39. The highest BCUT2D eigenvalue weighted by Gasteiger charge is 2.02. The Morgan fingerprint density at radius 2 is 2.06 bits per heavy atom. The van der Waals surface area contributed by atoms with E-state index in [0.717, 1.165) is 17.0 Å². The van der Waals surface area contributed by atoms with Crippen molar-refractivity contribution in [2.45, 2.75) is 19.6 Å². The number of benzene rings is 1. The summed E-state index contributed by atoms with van der Waals surface area (Å²) in [5, 5.41) is 17.1. The van der Waals surface area contributed by atoms with Gasteiger partial charge in [-0.1, -0.05) is 17.3 Å². The van der Waals surface area contributed by atoms with Gasteiger partial charge in [0.15, 0.2) is 0 Å². The number of hydrogen-bond donors (Lipinski definition) is 1. The molecule has 1 atom stereocenters. The molecule has 0 saturated carbocycles. The third-order valence-corrected chi connectivity index (χ3v) is 2.40. The maximum atomic E-state index is 9.36. The fourth-order valence-corrected chi connectivity index (χ4v) is 1.46. The quantitative estimate of drug-likeness (QED) is 0.868. The van der Waals surface area contributed by atoms with Gasteiger partial charge < -0.3 is 9.84 Å². The highest BCUT2D eigenvalue weighted by molar-refractivity contribution is 5.28. The summed E-state index contributed by atoms with van der Waals surface area (Å²) in [7, 11) is 1.81. The highest BCUT2D eigenvalue weighted by Crippen LogP contribution is 2.17. The molecule has 0 spiro atoms. The second kappa shape index (κ2) is 4.97. The number of ether oxygens (including phenoxy) is 1. The van der Waals surface area contributed by atoms with Crippen molar-refractivity contribution in [1.82, 2.24) is 15.0 Å². The molecule has 0 fully saturated rings. The van der Waals surface area contributed by atoms with Gasteiger partial charge in [0.2, 0.25) is 0 Å². The van der Waals surface area contributed by atoms with Crippen molar-refractivity contribution in [1.29, 1.82) is 0 Å². The second-order valence-electron chi connectivity index (χ2n) is 3.92. The largest absolute Gasteiger partial charge is 0.487 e. The summed E-state index contributed by atoms with van der Waals surface area (Å²) >= 11 is 0. The first-order chi connectivity index (χ1) is 8.15. The minimum atomic E-state index is -0.455. The molecule has 5 nitrogen and oxygen atoms in total. The molecule has 1 aromatic heterocycles. The lowest BCUT2D eigenvalue weighted by atomic mass is 10.1. The third kappa shape index (κ3) is 3.04. The Bertz CT molecular complexity index is 477. The molecule has 0 aliphatic heterocycles. The number of rotatable bonds is 4. The normalized spacial score (nSPS) is 12.4. The van der Waals surface area contributed by atoms with Crippen LogP contribution in [0.4, 0.5) is 0 Å². The lowest BCUT2D eigenvalue weighted by Gasteiger charge is -2.07. The van der Waals surface area contributed by atoms with Crippen molar-refractivity contribution in [3.8, 4) is 5.75 Å². The van der Waals surface area contributed by atoms with Gasteiger partial charge in [0, 0.05) is 7.05 Å². The number of aliphatic hydroxyl groups is 1. The van der Waals surface area contributed by atoms with Crippen molar-refractivity contribution in [3.63, 3.8) is 0 Å². The van der Waals surface area contributed by atoms with E-state index < -0.39 is 6.10 Å². The van der Waals surface area contributed by atoms with E-state index in [1.165, 1.54) is 0 Å². The van der Waals surface area contributed by atoms with Crippen LogP contribution in [-0.2, 0) is 13.7 Å². The predicted molar refractivity (Wildman–Crippen MR) is 62.4 cm³/mol. The Morgan fingerprint density at radius 1 is 1.35 bits per heavy atom. The van der Waals surface area contributed by atoms with Crippen LogP contribution < -0.4 is 4.74 Å². The molecule has 1 heterocycles. The van der Waals surface area contributed by atoms with E-state index in [9.17, 15) is 5.11 Å². The number of aryl methyl sites for hydroxylation is 1. The third-order valence-electron chi connectivity index (χ3n) is 2.40. The molecule has 0 aliphatic rings. The minimum absolute atomic E-state index is 0.391. The summed E-state index contributed by atoms with van der Waals surface area (Å²) in [5.41, 5.74) is 1.66. The van der Waals surface area contributed by atoms with E-state index in [4.69, 9.17) is 4.74 Å². The summed E-state index contributed by atoms with van der Waals surface area (Å²) in [6.45, 7) is 2.12. The highest BCUT2D eigenvalue weighted by atomic mass is 16.5. The molecule has 1 aromatic carbocycles. The topological polar surface area (TPSA) is 60.2 Å². The van der Waals surface area contributed by atoms with E-state index in [1.807, 2.05) is 37.5 Å². The smallest absolute Gasteiger partial charge is 0.134 e. The lowest BCUT2D eigenvalue weighted by Crippen LogP contribution is -1.96. The van der Waals surface area contributed by atoms with Gasteiger partial charge in [-0.3, -0.25) is 4.68 Å². The Balaban J connectivity index is 1.95. The molecular weight excluding hydrogens is 218 g/mol. The van der Waals surface area contributed by atoms with E-state index in [1.54, 1.807) is 11.6 Å². The van der Waals surface area contributed by atoms with Crippen molar-refractivity contribution >= 4 is 0 Å². The second-order valence-corrected chi connectivity index (χ2v) is 3.92. The van der Waals surface area contributed by atoms with Crippen LogP contribution in [-0.4, -0.2) is 20.1 Å². The van der Waals surface area contributed by atoms with Gasteiger partial charge in [-0.25, -0.2) is 0 Å². The average molecular weight is 233 g/mol. The van der Waals surface area contributed by atoms with Crippen LogP contribution in [0.25, 0.3) is 0 Å². The maximum Gasteiger partial charge on any atom is 0.134 e. The summed E-state index contributed by atoms with van der Waals surface area (Å²) < 4.78 is 7.18. The summed E-state index contributed by atoms with van der Waals surface area (Å²) in [6, 6.07) is 7.35. The van der Waals surface area contributed by atoms with Crippen LogP contribution in [0, 0.1) is 0 Å². The number of aliphatic hydroxyl groups excluding tert-OH is 1. The molecule has 0 saturated heterocycles. The van der Waals surface area contributed by atoms with Gasteiger partial charge in [0.25, 0.3) is 0 Å². The molecular formula is C12H15N3O2. The molecule has 17 heavy (non-hydrogen) atoms. The summed E-state index contributed by atoms with van der Waals surface area (Å²) in [5.74, 6) is 0.750. The minimum Gasteiger partial charge on any atom is -0.487 e. The molecule has 2 rings (SSSR count). The average Bonchev–Trinajstić information content (AvgIpc) is 2.73. The van der Waals surface area contributed by atoms with Crippen LogP contribution in [0.15, 0.2) is 30.5 Å². The molecule has 1 N–H and O–H groups in total. The van der Waals surface area contributed by atoms with Gasteiger partial charge in [0.05, 0.1) is 12.3 Å². The first kappa shape index (κ1) is 11.6. The van der Waals surface area contributed by atoms with Crippen LogP contribution in [0.3, 0.4) is 0 Å². The Hall–Kier alpha value is -1.88. The van der Waals surface area contributed by atoms with Crippen molar-refractivity contribution in [3.05, 3.63) is 41.7 Å². The first-order valence-electron chi connectivity index (χ1n) is 5.41. The van der Waals surface area contributed by atoms with E-state index >= 15 is 0 Å². The van der Waals surface area contributed by atoms with Gasteiger partial charge in [-0.2, -0.15) is 0 Å². The SMILES string of the molecule is CC(O)c1ccc(OCc2cn(C)nn2)cc1. The zero-order chi connectivity index (χ0) is 12.3. The fourth-order valence-electron chi connectivity index (χ4n) is 1.46. The van der Waals surface area contributed by atoms with E-state index in [-0.39, 0.29) is 0 Å². The summed E-state index contributed by atoms with van der Waals surface area (Å²) in [4.78, 5) is 0. The standard InChI is InChI=1S/C12H15N3O2/c1-9(16)10-3-5-12(6-4-10)17-8-11-7-15(2)14-13-11/h3-7,9,16H,8H2,1-2H3. The fraction of sp³-hybridized carbons (Fsp3) is 0.333. The number of hydrogen-bond acceptors (Lipinski definition) is 4. The van der Waals surface area contributed by atoms with Gasteiger partial charge in [-0.05, 0) is 24.6 Å². The zero-order valence-corrected chi connectivity index (χ0v) is 9.87. The molecule has 0 aliphatic carbocycles. The van der Waals surface area contributed by atoms with E-state index in [0.29, 0.717) is 6.61 Å². The maximum absolute atomic E-state index is 9.36. The number of nitrogens with zero attached hydrogens (tertiary/aromatic N) is 3. The van der Waals surface area contributed by atoms with Crippen molar-refractivity contribution in [2.75, 3.05) is 0 Å². The van der Waals surface area contributed by atoms with Gasteiger partial charge in [0.1, 0.15) is 18.1 Å². The van der Waals surface area contributed by atoms with Crippen molar-refractivity contribution < 1.29 is 9.84 Å². The first-order valence-corrected chi connectivity index (χ1v) is 5.41. The number of aromatic nitrogens is 3. The predicted octanol–water partition coefficient (Wildman–Crippen LogP) is 1.45. The molecule has 90 valence electrons. The van der Waals surface area contributed by atoms with Crippen LogP contribution in [0.5, 0.6) is 5.75 Å². The van der Waals surface area contributed by atoms with E-state index in [2.05, 4.69) is 10.3 Å². The van der Waals surface area contributed by atoms with Crippen LogP contribution >= 0.6 is 0 Å². The lowest BCUT2D eigenvalue weighted by molar-refractivity contribution is 0.199. The van der Waals surface area contributed by atoms with Gasteiger partial charge >= 0.3 is 0 Å². The molecule has 2 aromatic rings. The Labute approximate surface area is 99.7 Å². The molecule has 0 amide bonds. The zero-order valence-electron chi connectivity index (χ0n) is 9.87. The van der Waals surface area contributed by atoms with Crippen LogP contribution in [0.2, 0.25) is 0 Å².